The van der Waals surface area contributed by atoms with Crippen LogP contribution in [0.15, 0.2) is 182 Å². The largest absolute Gasteiger partial charge is 0.425 e. The second-order valence-electron chi connectivity index (χ2n) is 11.3. The van der Waals surface area contributed by atoms with Crippen LogP contribution in [0.2, 0.25) is 0 Å². The molecule has 6 nitrogen and oxygen atoms in total. The van der Waals surface area contributed by atoms with Gasteiger partial charge in [0.2, 0.25) is 0 Å². The summed E-state index contributed by atoms with van der Waals surface area (Å²) in [5.41, 5.74) is 0. The summed E-state index contributed by atoms with van der Waals surface area (Å²) >= 11 is 0. The molecular weight excluding hydrogens is 697 g/mol. The predicted molar refractivity (Wildman–Crippen MR) is 206 cm³/mol. The van der Waals surface area contributed by atoms with E-state index in [1.165, 1.54) is 0 Å². The lowest BCUT2D eigenvalue weighted by atomic mass is 10.4. The number of hydrogen-bond donors (Lipinski definition) is 0. The van der Waals surface area contributed by atoms with Gasteiger partial charge in [0.05, 0.1) is 0 Å². The first-order chi connectivity index (χ1) is 23.8. The Morgan fingerprint density at radius 1 is 0.271 bits per heavy atom. The third kappa shape index (κ3) is 6.66. The summed E-state index contributed by atoms with van der Waals surface area (Å²) in [4.78, 5) is 0. The van der Waals surface area contributed by atoms with Crippen LogP contribution >= 0.6 is 0 Å². The monoisotopic (exact) mass is 732 g/mol. The fraction of sp³-hybridized carbons (Fsp3) is 0. The minimum absolute atomic E-state index is 0.965. The van der Waals surface area contributed by atoms with Crippen molar-refractivity contribution in [1.82, 2.24) is 0 Å². The van der Waals surface area contributed by atoms with Crippen LogP contribution in [-0.2, 0) is 24.7 Å². The van der Waals surface area contributed by atoms with Gasteiger partial charge in [-0.05, 0) is 31.1 Å². The van der Waals surface area contributed by atoms with Gasteiger partial charge in [0.15, 0.2) is 0 Å². The van der Waals surface area contributed by atoms with E-state index in [1.807, 2.05) is 84.9 Å². The molecule has 0 unspecified atom stereocenters. The minimum atomic E-state index is -3.79. The van der Waals surface area contributed by atoms with Crippen LogP contribution in [0.3, 0.4) is 0 Å². The summed E-state index contributed by atoms with van der Waals surface area (Å²) < 4.78 is 43.1. The van der Waals surface area contributed by atoms with Gasteiger partial charge >= 0.3 is 25.7 Å². The highest BCUT2D eigenvalue weighted by molar-refractivity contribution is 7.10. The molecule has 0 N–H and O–H groups in total. The zero-order valence-electron chi connectivity index (χ0n) is 26.4. The number of hydrogen-bond acceptors (Lipinski definition) is 6. The Bertz CT molecular complexity index is 1640. The van der Waals surface area contributed by atoms with Crippen LogP contribution in [-0.4, -0.2) is 55.7 Å². The normalized spacial score (nSPS) is 19.2. The van der Waals surface area contributed by atoms with Gasteiger partial charge in [-0.25, -0.2) is 0 Å². The van der Waals surface area contributed by atoms with E-state index in [0.29, 0.717) is 0 Å². The van der Waals surface area contributed by atoms with E-state index in [2.05, 4.69) is 97.1 Å². The maximum atomic E-state index is 8.07. The van der Waals surface area contributed by atoms with E-state index >= 15 is 0 Å². The van der Waals surface area contributed by atoms with Crippen LogP contribution < -0.4 is 31.1 Å². The van der Waals surface area contributed by atoms with Gasteiger partial charge in [-0.1, -0.05) is 182 Å². The molecule has 0 saturated carbocycles. The molecule has 0 bridgehead atoms. The molecule has 240 valence electrons. The molecule has 6 aromatic carbocycles. The van der Waals surface area contributed by atoms with E-state index < -0.39 is 55.7 Å². The molecule has 0 aliphatic carbocycles. The van der Waals surface area contributed by atoms with Gasteiger partial charge < -0.3 is 24.7 Å². The van der Waals surface area contributed by atoms with Crippen molar-refractivity contribution in [3.8, 4) is 0 Å². The number of rotatable bonds is 6. The van der Waals surface area contributed by atoms with Crippen LogP contribution in [0.5, 0.6) is 0 Å². The molecule has 0 radical (unpaired) electrons. The van der Waals surface area contributed by atoms with E-state index in [0.717, 1.165) is 31.1 Å². The van der Waals surface area contributed by atoms with Gasteiger partial charge in [-0.15, -0.1) is 0 Å². The quantitative estimate of drug-likeness (QED) is 0.237. The molecule has 12 heteroatoms. The van der Waals surface area contributed by atoms with Crippen LogP contribution in [0.25, 0.3) is 0 Å². The van der Waals surface area contributed by atoms with Crippen molar-refractivity contribution < 1.29 is 24.7 Å². The van der Waals surface area contributed by atoms with Gasteiger partial charge in [0, 0.05) is 0 Å². The van der Waals surface area contributed by atoms with Crippen molar-refractivity contribution in [2.75, 3.05) is 0 Å². The summed E-state index contributed by atoms with van der Waals surface area (Å²) in [5, 5.41) is 5.88. The Labute approximate surface area is 292 Å². The zero-order valence-corrected chi connectivity index (χ0v) is 33.6. The Kier molecular flexibility index (Phi) is 10.5. The zero-order chi connectivity index (χ0) is 32.5. The van der Waals surface area contributed by atoms with E-state index in [4.69, 9.17) is 24.7 Å². The molecular formula is C36H36O6Si6. The molecule has 0 spiro atoms. The van der Waals surface area contributed by atoms with Crippen molar-refractivity contribution >= 4 is 86.8 Å². The molecule has 1 saturated heterocycles. The maximum absolute atomic E-state index is 8.07. The lowest BCUT2D eigenvalue weighted by Crippen LogP contribution is -2.80. The minimum Gasteiger partial charge on any atom is -0.425 e. The van der Waals surface area contributed by atoms with Crippen molar-refractivity contribution in [3.05, 3.63) is 182 Å². The van der Waals surface area contributed by atoms with Gasteiger partial charge in [-0.2, -0.15) is 0 Å². The van der Waals surface area contributed by atoms with Crippen LogP contribution in [0.1, 0.15) is 0 Å². The molecule has 0 atom stereocenters. The standard InChI is InChI=1S/C36H36O6Si6/c1-7-19-31(20-8-1)46(32-21-9-2-10-22-32)39-44-37-43-38-45-40-47(33-23-11-3-12-24-33,34-25-13-4-14-26-34)42-48(41-46,35-27-15-5-16-28-35)36-29-17-6-18-30-36/h1-30H,43-45H2. The molecule has 48 heavy (non-hydrogen) atoms. The first-order valence-corrected chi connectivity index (χ1v) is 24.8. The van der Waals surface area contributed by atoms with Crippen molar-refractivity contribution in [1.29, 1.82) is 0 Å². The Morgan fingerprint density at radius 2 is 0.500 bits per heavy atom. The van der Waals surface area contributed by atoms with E-state index in [1.54, 1.807) is 0 Å². The van der Waals surface area contributed by atoms with Gasteiger partial charge in [0.1, 0.15) is 0 Å². The Balaban J connectivity index is 1.59. The summed E-state index contributed by atoms with van der Waals surface area (Å²) in [5.74, 6) is 0. The number of benzene rings is 6. The third-order valence-corrected chi connectivity index (χ3v) is 26.4. The highest BCUT2D eigenvalue weighted by Gasteiger charge is 2.59. The molecule has 7 rings (SSSR count). The molecule has 6 aromatic rings. The fourth-order valence-corrected chi connectivity index (χ4v) is 28.2. The molecule has 0 amide bonds. The average Bonchev–Trinajstić information content (AvgIpc) is 3.17. The SMILES string of the molecule is c1ccc([Si]2(c3ccccc3)O[SiH2]O[SiH2]O[SiH2]O[Si](c3ccccc3)(c3ccccc3)O[Si](c3ccccc3)(c3ccccc3)O2)cc1. The Hall–Kier alpha value is -3.62. The predicted octanol–water partition coefficient (Wildman–Crippen LogP) is 0.866. The summed E-state index contributed by atoms with van der Waals surface area (Å²) in [6.45, 7) is 0. The molecule has 0 aromatic heterocycles. The second kappa shape index (κ2) is 15.3. The first-order valence-electron chi connectivity index (χ1n) is 15.9. The molecule has 1 aliphatic heterocycles. The van der Waals surface area contributed by atoms with Crippen LogP contribution in [0, 0.1) is 0 Å². The molecule has 1 aliphatic rings. The van der Waals surface area contributed by atoms with Crippen LogP contribution in [0.4, 0.5) is 0 Å². The average molecular weight is 733 g/mol. The highest BCUT2D eigenvalue weighted by Crippen LogP contribution is 2.25. The third-order valence-electron chi connectivity index (χ3n) is 8.36. The van der Waals surface area contributed by atoms with Crippen molar-refractivity contribution in [2.24, 2.45) is 0 Å². The van der Waals surface area contributed by atoms with E-state index in [-0.39, 0.29) is 0 Å². The maximum Gasteiger partial charge on any atom is 0.390 e. The molecule has 1 heterocycles. The highest BCUT2D eigenvalue weighted by atomic mass is 28.5. The topological polar surface area (TPSA) is 55.4 Å². The van der Waals surface area contributed by atoms with E-state index in [9.17, 15) is 0 Å². The lowest BCUT2D eigenvalue weighted by molar-refractivity contribution is 0.301. The summed E-state index contributed by atoms with van der Waals surface area (Å²) in [6, 6.07) is 62.2. The smallest absolute Gasteiger partial charge is 0.390 e. The van der Waals surface area contributed by atoms with Crippen molar-refractivity contribution in [2.45, 2.75) is 0 Å². The second-order valence-corrected chi connectivity index (χ2v) is 26.4. The molecule has 1 fully saturated rings. The summed E-state index contributed by atoms with van der Waals surface area (Å²) in [6.07, 6.45) is 0. The lowest BCUT2D eigenvalue weighted by Gasteiger charge is -2.46. The first kappa shape index (κ1) is 32.9. The summed E-state index contributed by atoms with van der Waals surface area (Å²) in [7, 11) is -15.3. The fourth-order valence-electron chi connectivity index (χ4n) is 6.11. The van der Waals surface area contributed by atoms with Gasteiger partial charge in [0.25, 0.3) is 30.0 Å². The van der Waals surface area contributed by atoms with Crippen molar-refractivity contribution in [3.63, 3.8) is 0 Å². The van der Waals surface area contributed by atoms with Gasteiger partial charge in [-0.3, -0.25) is 0 Å². The Morgan fingerprint density at radius 3 is 0.750 bits per heavy atom.